The summed E-state index contributed by atoms with van der Waals surface area (Å²) in [6.07, 6.45) is -0.982. The van der Waals surface area contributed by atoms with E-state index < -0.39 is 82.6 Å². The second-order valence-electron chi connectivity index (χ2n) is 11.6. The third-order valence-electron chi connectivity index (χ3n) is 8.92. The van der Waals surface area contributed by atoms with Crippen LogP contribution in [0.2, 0.25) is 0 Å². The SMILES string of the molecule is C=CCN(CC=C)[C@H]1C[C@H](O[C@H]2C[C@](O)(C(C)=O)Cc3c(O)c4c(c(O)c32)C(=O)c2c(OC)cccc2C4=O)O[C@@H](C)[C@H]1O. The Morgan fingerprint density at radius 2 is 1.77 bits per heavy atom. The summed E-state index contributed by atoms with van der Waals surface area (Å²) in [7, 11) is 1.35. The molecule has 0 bridgehead atoms. The molecule has 4 N–H and O–H groups in total. The van der Waals surface area contributed by atoms with Crippen molar-refractivity contribution in [2.45, 2.75) is 69.4 Å². The number of carbonyl (C=O) groups is 3. The zero-order valence-corrected chi connectivity index (χ0v) is 24.9. The number of Topliss-reactive ketones (excluding diaryl/α,β-unsaturated/α-hetero) is 1. The summed E-state index contributed by atoms with van der Waals surface area (Å²) in [6, 6.07) is 4.02. The Morgan fingerprint density at radius 1 is 1.11 bits per heavy atom. The Morgan fingerprint density at radius 3 is 2.39 bits per heavy atom. The van der Waals surface area contributed by atoms with Crippen molar-refractivity contribution in [3.05, 3.63) is 76.9 Å². The lowest BCUT2D eigenvalue weighted by molar-refractivity contribution is -0.257. The zero-order valence-electron chi connectivity index (χ0n) is 24.9. The lowest BCUT2D eigenvalue weighted by Gasteiger charge is -2.45. The van der Waals surface area contributed by atoms with E-state index in [9.17, 15) is 34.8 Å². The van der Waals surface area contributed by atoms with E-state index in [2.05, 4.69) is 13.2 Å². The lowest BCUT2D eigenvalue weighted by Crippen LogP contribution is -2.56. The van der Waals surface area contributed by atoms with Gasteiger partial charge in [-0.2, -0.15) is 0 Å². The maximum absolute atomic E-state index is 13.8. The maximum Gasteiger partial charge on any atom is 0.202 e. The minimum Gasteiger partial charge on any atom is -0.507 e. The Bertz CT molecular complexity index is 1540. The minimum absolute atomic E-state index is 0.0141. The standard InChI is InChI=1S/C33H37NO10/c1-6-11-34(12-7-2)20-13-23(43-16(3)28(20)36)44-22-15-33(41,17(4)35)14-19-25(22)32(40)27-26(30(19)38)29(37)18-9-8-10-21(42-5)24(18)31(27)39/h6-10,16,20,22-23,28,36,38,40-41H,1-2,11-15H2,3-5H3/t16-,20-,22-,23-,28+,33-/m0/s1. The Balaban J connectivity index is 1.62. The molecular weight excluding hydrogens is 570 g/mol. The van der Waals surface area contributed by atoms with E-state index in [0.29, 0.717) is 13.1 Å². The minimum atomic E-state index is -2.02. The molecule has 1 fully saturated rings. The van der Waals surface area contributed by atoms with Crippen LogP contribution in [-0.2, 0) is 20.7 Å². The molecular formula is C33H37NO10. The number of hydrogen-bond donors (Lipinski definition) is 4. The van der Waals surface area contributed by atoms with Crippen LogP contribution in [-0.4, -0.2) is 93.0 Å². The largest absolute Gasteiger partial charge is 0.507 e. The summed E-state index contributed by atoms with van der Waals surface area (Å²) in [5.74, 6) is -3.16. The highest BCUT2D eigenvalue weighted by Crippen LogP contribution is 2.52. The number of hydrogen-bond acceptors (Lipinski definition) is 11. The fourth-order valence-corrected chi connectivity index (χ4v) is 6.64. The Hall–Kier alpha value is -3.87. The average Bonchev–Trinajstić information content (AvgIpc) is 2.98. The van der Waals surface area contributed by atoms with Crippen molar-refractivity contribution in [2.75, 3.05) is 20.2 Å². The Kier molecular flexibility index (Phi) is 8.54. The van der Waals surface area contributed by atoms with Gasteiger partial charge in [-0.05, 0) is 19.9 Å². The highest BCUT2D eigenvalue weighted by Gasteiger charge is 2.49. The molecule has 1 saturated heterocycles. The van der Waals surface area contributed by atoms with Gasteiger partial charge in [-0.1, -0.05) is 24.3 Å². The van der Waals surface area contributed by atoms with Crippen LogP contribution in [0.3, 0.4) is 0 Å². The maximum atomic E-state index is 13.8. The number of ketones is 3. The van der Waals surface area contributed by atoms with E-state index in [1.807, 2.05) is 4.90 Å². The first-order valence-corrected chi connectivity index (χ1v) is 14.4. The van der Waals surface area contributed by atoms with Crippen molar-refractivity contribution in [1.82, 2.24) is 4.90 Å². The van der Waals surface area contributed by atoms with Gasteiger partial charge in [-0.15, -0.1) is 13.2 Å². The first kappa shape index (κ1) is 31.6. The van der Waals surface area contributed by atoms with Crippen molar-refractivity contribution in [3.63, 3.8) is 0 Å². The van der Waals surface area contributed by atoms with Gasteiger partial charge >= 0.3 is 0 Å². The number of ether oxygens (including phenoxy) is 3. The third-order valence-corrected chi connectivity index (χ3v) is 8.92. The fourth-order valence-electron chi connectivity index (χ4n) is 6.64. The molecule has 3 aliphatic rings. The van der Waals surface area contributed by atoms with E-state index in [1.54, 1.807) is 19.1 Å². The van der Waals surface area contributed by atoms with Crippen LogP contribution in [0.15, 0.2) is 43.5 Å². The Labute approximate surface area is 255 Å². The van der Waals surface area contributed by atoms with Gasteiger partial charge in [0.15, 0.2) is 17.9 Å². The van der Waals surface area contributed by atoms with E-state index in [-0.39, 0.29) is 40.8 Å². The smallest absolute Gasteiger partial charge is 0.202 e. The van der Waals surface area contributed by atoms with Crippen molar-refractivity contribution >= 4 is 17.3 Å². The molecule has 0 unspecified atom stereocenters. The molecule has 5 rings (SSSR count). The number of methoxy groups -OCH3 is 1. The van der Waals surface area contributed by atoms with Crippen molar-refractivity contribution in [2.24, 2.45) is 0 Å². The summed E-state index contributed by atoms with van der Waals surface area (Å²) in [4.78, 5) is 42.1. The van der Waals surface area contributed by atoms with Crippen LogP contribution in [0, 0.1) is 0 Å². The molecule has 44 heavy (non-hydrogen) atoms. The molecule has 0 radical (unpaired) electrons. The highest BCUT2D eigenvalue weighted by atomic mass is 16.7. The number of benzene rings is 2. The first-order chi connectivity index (χ1) is 20.9. The number of rotatable bonds is 9. The molecule has 0 saturated carbocycles. The van der Waals surface area contributed by atoms with E-state index >= 15 is 0 Å². The number of nitrogens with zero attached hydrogens (tertiary/aromatic N) is 1. The topological polar surface area (TPSA) is 163 Å². The van der Waals surface area contributed by atoms with Gasteiger partial charge < -0.3 is 34.6 Å². The lowest BCUT2D eigenvalue weighted by atomic mass is 9.72. The van der Waals surface area contributed by atoms with Gasteiger partial charge in [0, 0.05) is 55.1 Å². The molecule has 0 aromatic heterocycles. The van der Waals surface area contributed by atoms with Crippen LogP contribution in [0.4, 0.5) is 0 Å². The molecule has 2 aliphatic carbocycles. The molecule has 2 aromatic carbocycles. The number of phenols is 2. The normalized spacial score (nSPS) is 27.7. The molecule has 2 aromatic rings. The van der Waals surface area contributed by atoms with Crippen LogP contribution >= 0.6 is 0 Å². The molecule has 1 aliphatic heterocycles. The monoisotopic (exact) mass is 607 g/mol. The first-order valence-electron chi connectivity index (χ1n) is 14.4. The molecule has 1 heterocycles. The number of aliphatic hydroxyl groups excluding tert-OH is 1. The predicted octanol–water partition coefficient (Wildman–Crippen LogP) is 2.74. The predicted molar refractivity (Wildman–Crippen MR) is 158 cm³/mol. The van der Waals surface area contributed by atoms with Crippen LogP contribution in [0.25, 0.3) is 0 Å². The third kappa shape index (κ3) is 5.04. The summed E-state index contributed by atoms with van der Waals surface area (Å²) in [5.41, 5.74) is -3.03. The van der Waals surface area contributed by atoms with Gasteiger partial charge in [0.1, 0.15) is 22.8 Å². The zero-order chi connectivity index (χ0) is 32.1. The van der Waals surface area contributed by atoms with E-state index in [1.165, 1.54) is 32.2 Å². The van der Waals surface area contributed by atoms with Gasteiger partial charge in [-0.3, -0.25) is 19.3 Å². The quantitative estimate of drug-likeness (QED) is 0.209. The molecule has 6 atom stereocenters. The van der Waals surface area contributed by atoms with Gasteiger partial charge in [-0.25, -0.2) is 0 Å². The number of carbonyl (C=O) groups excluding carboxylic acids is 3. The van der Waals surface area contributed by atoms with Crippen molar-refractivity contribution in [1.29, 1.82) is 0 Å². The molecule has 0 amide bonds. The van der Waals surface area contributed by atoms with Crippen LogP contribution in [0.5, 0.6) is 17.2 Å². The molecule has 234 valence electrons. The van der Waals surface area contributed by atoms with Crippen LogP contribution < -0.4 is 4.74 Å². The average molecular weight is 608 g/mol. The fraction of sp³-hybridized carbons (Fsp3) is 0.424. The van der Waals surface area contributed by atoms with E-state index in [4.69, 9.17) is 14.2 Å². The van der Waals surface area contributed by atoms with Gasteiger partial charge in [0.2, 0.25) is 5.78 Å². The van der Waals surface area contributed by atoms with E-state index in [0.717, 1.165) is 0 Å². The van der Waals surface area contributed by atoms with Crippen LogP contribution in [0.1, 0.15) is 75.8 Å². The highest BCUT2D eigenvalue weighted by molar-refractivity contribution is 6.31. The van der Waals surface area contributed by atoms with Gasteiger partial charge in [0.25, 0.3) is 0 Å². The molecule has 0 spiro atoms. The summed E-state index contributed by atoms with van der Waals surface area (Å²) in [6.45, 7) is 11.4. The summed E-state index contributed by atoms with van der Waals surface area (Å²) >= 11 is 0. The van der Waals surface area contributed by atoms with Crippen molar-refractivity contribution < 1.29 is 49.0 Å². The summed E-state index contributed by atoms with van der Waals surface area (Å²) < 4.78 is 17.6. The van der Waals surface area contributed by atoms with Gasteiger partial charge in [0.05, 0.1) is 42.1 Å². The number of phenolic OH excluding ortho intramolecular Hbond substituents is 2. The number of fused-ring (bicyclic) bond motifs is 3. The number of aliphatic hydroxyl groups is 2. The summed E-state index contributed by atoms with van der Waals surface area (Å²) in [5, 5.41) is 45.6. The van der Waals surface area contributed by atoms with Crippen molar-refractivity contribution in [3.8, 4) is 17.2 Å². The molecule has 11 nitrogen and oxygen atoms in total. The second-order valence-corrected chi connectivity index (χ2v) is 11.6. The second kappa shape index (κ2) is 11.9. The number of aromatic hydroxyl groups is 2. The molecule has 11 heteroatoms.